The summed E-state index contributed by atoms with van der Waals surface area (Å²) in [6.45, 7) is 7.94. The average molecular weight is 371 g/mol. The maximum Gasteiger partial charge on any atom is 0.304 e. The standard InChI is InChI=1S/C22H29NO4/c1-3-4-5-6-10-13-19(15-21(24)25)22(26)23-17(2)27-16-20(23)14-18-11-8-7-9-12-18/h3,7-9,11-12,19-20H,1-2,4-6,10,13-16H2,(H,24,25)/t19-,20+/m1/s1. The fourth-order valence-electron chi connectivity index (χ4n) is 3.46. The largest absolute Gasteiger partial charge is 0.481 e. The Morgan fingerprint density at radius 1 is 1.26 bits per heavy atom. The summed E-state index contributed by atoms with van der Waals surface area (Å²) in [7, 11) is 0. The van der Waals surface area contributed by atoms with Gasteiger partial charge in [-0.1, -0.05) is 49.2 Å². The molecule has 2 rings (SSSR count). The number of carbonyl (C=O) groups is 2. The quantitative estimate of drug-likeness (QED) is 0.469. The van der Waals surface area contributed by atoms with Crippen molar-refractivity contribution in [1.82, 2.24) is 4.90 Å². The molecule has 0 spiro atoms. The Hall–Kier alpha value is -2.56. The Bertz CT molecular complexity index is 656. The summed E-state index contributed by atoms with van der Waals surface area (Å²) in [5.41, 5.74) is 1.11. The number of allylic oxidation sites excluding steroid dienone is 1. The van der Waals surface area contributed by atoms with Crippen molar-refractivity contribution in [3.63, 3.8) is 0 Å². The minimum atomic E-state index is -0.954. The molecule has 1 heterocycles. The molecule has 27 heavy (non-hydrogen) atoms. The van der Waals surface area contributed by atoms with E-state index in [0.717, 1.165) is 31.2 Å². The Labute approximate surface area is 161 Å². The number of carboxylic acid groups (broad SMARTS) is 1. The fourth-order valence-corrected chi connectivity index (χ4v) is 3.46. The van der Waals surface area contributed by atoms with Gasteiger partial charge >= 0.3 is 5.97 Å². The number of benzene rings is 1. The highest BCUT2D eigenvalue weighted by atomic mass is 16.5. The van der Waals surface area contributed by atoms with Gasteiger partial charge in [-0.25, -0.2) is 0 Å². The predicted octanol–water partition coefficient (Wildman–Crippen LogP) is 4.16. The number of rotatable bonds is 11. The van der Waals surface area contributed by atoms with Gasteiger partial charge in [-0.3, -0.25) is 14.5 Å². The topological polar surface area (TPSA) is 66.8 Å². The molecule has 1 aromatic rings. The van der Waals surface area contributed by atoms with Crippen LogP contribution in [-0.2, 0) is 20.7 Å². The smallest absolute Gasteiger partial charge is 0.304 e. The first-order valence-corrected chi connectivity index (χ1v) is 9.54. The summed E-state index contributed by atoms with van der Waals surface area (Å²) in [4.78, 5) is 26.0. The van der Waals surface area contributed by atoms with Crippen LogP contribution in [0.3, 0.4) is 0 Å². The highest BCUT2D eigenvalue weighted by Crippen LogP contribution is 2.27. The van der Waals surface area contributed by atoms with Crippen molar-refractivity contribution >= 4 is 11.9 Å². The number of hydrogen-bond acceptors (Lipinski definition) is 3. The van der Waals surface area contributed by atoms with Crippen LogP contribution in [0.2, 0.25) is 0 Å². The van der Waals surface area contributed by atoms with Crippen LogP contribution in [0.5, 0.6) is 0 Å². The summed E-state index contributed by atoms with van der Waals surface area (Å²) in [5, 5.41) is 9.25. The Kier molecular flexibility index (Phi) is 8.11. The van der Waals surface area contributed by atoms with E-state index in [1.54, 1.807) is 4.90 Å². The number of carbonyl (C=O) groups excluding carboxylic acids is 1. The number of ether oxygens (including phenoxy) is 1. The van der Waals surface area contributed by atoms with E-state index < -0.39 is 11.9 Å². The maximum atomic E-state index is 13.1. The van der Waals surface area contributed by atoms with Crippen LogP contribution in [-0.4, -0.2) is 34.5 Å². The molecule has 1 amide bonds. The molecule has 1 fully saturated rings. The molecule has 146 valence electrons. The van der Waals surface area contributed by atoms with Crippen LogP contribution in [0.4, 0.5) is 0 Å². The molecule has 0 aromatic heterocycles. The molecule has 1 N–H and O–H groups in total. The molecule has 1 saturated heterocycles. The number of hydrogen-bond donors (Lipinski definition) is 1. The predicted molar refractivity (Wildman–Crippen MR) is 105 cm³/mol. The molecule has 0 unspecified atom stereocenters. The van der Waals surface area contributed by atoms with Crippen LogP contribution in [0.25, 0.3) is 0 Å². The first kappa shape index (κ1) is 20.7. The average Bonchev–Trinajstić information content (AvgIpc) is 3.00. The van der Waals surface area contributed by atoms with Gasteiger partial charge in [0, 0.05) is 5.92 Å². The van der Waals surface area contributed by atoms with Gasteiger partial charge in [0.05, 0.1) is 12.5 Å². The molecule has 5 heteroatoms. The van der Waals surface area contributed by atoms with Crippen LogP contribution in [0, 0.1) is 5.92 Å². The molecule has 0 aliphatic carbocycles. The molecule has 1 aliphatic rings. The van der Waals surface area contributed by atoms with Gasteiger partial charge in [0.25, 0.3) is 0 Å². The molecule has 1 aromatic carbocycles. The van der Waals surface area contributed by atoms with Gasteiger partial charge in [0.2, 0.25) is 5.91 Å². The lowest BCUT2D eigenvalue weighted by Crippen LogP contribution is -2.41. The molecular formula is C22H29NO4. The number of aliphatic carboxylic acids is 1. The normalized spacial score (nSPS) is 17.4. The number of amides is 1. The molecule has 5 nitrogen and oxygen atoms in total. The minimum absolute atomic E-state index is 0.149. The summed E-state index contributed by atoms with van der Waals surface area (Å²) >= 11 is 0. The van der Waals surface area contributed by atoms with Crippen molar-refractivity contribution in [3.05, 3.63) is 61.0 Å². The van der Waals surface area contributed by atoms with E-state index in [1.165, 1.54) is 0 Å². The van der Waals surface area contributed by atoms with Crippen molar-refractivity contribution < 1.29 is 19.4 Å². The lowest BCUT2D eigenvalue weighted by molar-refractivity contribution is -0.144. The van der Waals surface area contributed by atoms with E-state index in [4.69, 9.17) is 4.74 Å². The zero-order valence-corrected chi connectivity index (χ0v) is 15.8. The van der Waals surface area contributed by atoms with Crippen LogP contribution in [0.1, 0.15) is 44.1 Å². The lowest BCUT2D eigenvalue weighted by Gasteiger charge is -2.26. The van der Waals surface area contributed by atoms with E-state index in [0.29, 0.717) is 25.3 Å². The van der Waals surface area contributed by atoms with Gasteiger partial charge in [-0.05, 0) is 37.8 Å². The molecule has 0 bridgehead atoms. The third-order valence-electron chi connectivity index (χ3n) is 4.86. The molecule has 1 aliphatic heterocycles. The summed E-state index contributed by atoms with van der Waals surface area (Å²) in [5.74, 6) is -1.37. The number of nitrogens with zero attached hydrogens (tertiary/aromatic N) is 1. The number of carboxylic acids is 1. The highest BCUT2D eigenvalue weighted by molar-refractivity contribution is 5.84. The van der Waals surface area contributed by atoms with E-state index in [2.05, 4.69) is 13.2 Å². The first-order chi connectivity index (χ1) is 13.0. The Morgan fingerprint density at radius 3 is 2.67 bits per heavy atom. The SMILES string of the molecule is C=CCCCCC[C@H](CC(=O)O)C(=O)N1C(=C)OC[C@@H]1Cc1ccccc1. The minimum Gasteiger partial charge on any atom is -0.481 e. The van der Waals surface area contributed by atoms with Crippen molar-refractivity contribution in [3.8, 4) is 0 Å². The maximum absolute atomic E-state index is 13.1. The van der Waals surface area contributed by atoms with Gasteiger partial charge in [-0.15, -0.1) is 6.58 Å². The molecular weight excluding hydrogens is 342 g/mol. The Balaban J connectivity index is 2.04. The van der Waals surface area contributed by atoms with E-state index in [9.17, 15) is 14.7 Å². The summed E-state index contributed by atoms with van der Waals surface area (Å²) < 4.78 is 5.54. The fraction of sp³-hybridized carbons (Fsp3) is 0.455. The van der Waals surface area contributed by atoms with E-state index in [1.807, 2.05) is 36.4 Å². The lowest BCUT2D eigenvalue weighted by atomic mass is 9.94. The second-order valence-electron chi connectivity index (χ2n) is 6.98. The van der Waals surface area contributed by atoms with Crippen LogP contribution < -0.4 is 0 Å². The van der Waals surface area contributed by atoms with Crippen LogP contribution >= 0.6 is 0 Å². The summed E-state index contributed by atoms with van der Waals surface area (Å²) in [6.07, 6.45) is 6.65. The van der Waals surface area contributed by atoms with Gasteiger partial charge in [0.15, 0.2) is 5.88 Å². The van der Waals surface area contributed by atoms with Crippen molar-refractivity contribution in [1.29, 1.82) is 0 Å². The van der Waals surface area contributed by atoms with E-state index in [-0.39, 0.29) is 18.4 Å². The number of unbranched alkanes of at least 4 members (excludes halogenated alkanes) is 3. The molecule has 2 atom stereocenters. The van der Waals surface area contributed by atoms with Crippen molar-refractivity contribution in [2.45, 2.75) is 51.0 Å². The third-order valence-corrected chi connectivity index (χ3v) is 4.86. The van der Waals surface area contributed by atoms with Gasteiger partial charge in [-0.2, -0.15) is 0 Å². The van der Waals surface area contributed by atoms with Crippen molar-refractivity contribution in [2.24, 2.45) is 5.92 Å². The zero-order valence-electron chi connectivity index (χ0n) is 15.8. The monoisotopic (exact) mass is 371 g/mol. The van der Waals surface area contributed by atoms with Gasteiger partial charge in [0.1, 0.15) is 6.61 Å². The van der Waals surface area contributed by atoms with E-state index >= 15 is 0 Å². The second-order valence-corrected chi connectivity index (χ2v) is 6.98. The third kappa shape index (κ3) is 6.27. The molecule has 0 saturated carbocycles. The second kappa shape index (κ2) is 10.6. The van der Waals surface area contributed by atoms with Gasteiger partial charge < -0.3 is 9.84 Å². The highest BCUT2D eigenvalue weighted by Gasteiger charge is 2.37. The zero-order chi connectivity index (χ0) is 19.6. The van der Waals surface area contributed by atoms with Crippen LogP contribution in [0.15, 0.2) is 55.4 Å². The first-order valence-electron chi connectivity index (χ1n) is 9.54. The van der Waals surface area contributed by atoms with Crippen molar-refractivity contribution in [2.75, 3.05) is 6.61 Å². The Morgan fingerprint density at radius 2 is 2.00 bits per heavy atom. The summed E-state index contributed by atoms with van der Waals surface area (Å²) in [6, 6.07) is 9.75. The molecule has 0 radical (unpaired) electrons.